The average molecular weight is 362 g/mol. The summed E-state index contributed by atoms with van der Waals surface area (Å²) in [7, 11) is 0. The molecule has 0 bridgehead atoms. The summed E-state index contributed by atoms with van der Waals surface area (Å²) in [5.41, 5.74) is 0.615. The Morgan fingerprint density at radius 2 is 2.15 bits per heavy atom. The van der Waals surface area contributed by atoms with E-state index in [9.17, 15) is 4.79 Å². The van der Waals surface area contributed by atoms with Crippen molar-refractivity contribution >= 4 is 11.9 Å². The van der Waals surface area contributed by atoms with Gasteiger partial charge in [-0.15, -0.1) is 0 Å². The van der Waals surface area contributed by atoms with E-state index in [1.54, 1.807) is 11.1 Å². The van der Waals surface area contributed by atoms with Crippen molar-refractivity contribution in [1.29, 1.82) is 0 Å². The molecule has 1 aliphatic rings. The van der Waals surface area contributed by atoms with E-state index in [1.165, 1.54) is 6.42 Å². The van der Waals surface area contributed by atoms with E-state index in [1.807, 2.05) is 26.8 Å². The van der Waals surface area contributed by atoms with Crippen molar-refractivity contribution < 1.29 is 9.53 Å². The zero-order chi connectivity index (χ0) is 19.3. The number of hydrogen-bond donors (Lipinski definition) is 0. The highest BCUT2D eigenvalue weighted by Crippen LogP contribution is 2.37. The standard InChI is InChI=1S/C21H35N3O2/c1-7-14-23-15-10-12-18(23)17-11-9-13-22-19(17)24(16(3)8-2)20(25)26-21(4,5)6/h9,11,13,16,18H,7-8,10,12,14-15H2,1-6H3/t16-,18+/m0/s1. The van der Waals surface area contributed by atoms with Crippen LogP contribution in [0.1, 0.15) is 78.8 Å². The van der Waals surface area contributed by atoms with Gasteiger partial charge in [0.2, 0.25) is 0 Å². The number of carbonyl (C=O) groups excluding carboxylic acids is 1. The van der Waals surface area contributed by atoms with Gasteiger partial charge in [0.25, 0.3) is 0 Å². The van der Waals surface area contributed by atoms with E-state index in [0.717, 1.165) is 43.7 Å². The molecule has 1 aliphatic heterocycles. The van der Waals surface area contributed by atoms with Gasteiger partial charge in [-0.25, -0.2) is 9.78 Å². The molecule has 0 unspecified atom stereocenters. The number of ether oxygens (including phenoxy) is 1. The van der Waals surface area contributed by atoms with Gasteiger partial charge in [0.15, 0.2) is 0 Å². The van der Waals surface area contributed by atoms with Crippen molar-refractivity contribution in [3.8, 4) is 0 Å². The second-order valence-electron chi connectivity index (χ2n) is 8.22. The van der Waals surface area contributed by atoms with E-state index in [4.69, 9.17) is 4.74 Å². The largest absolute Gasteiger partial charge is 0.443 e. The zero-order valence-electron chi connectivity index (χ0n) is 17.3. The van der Waals surface area contributed by atoms with Crippen molar-refractivity contribution in [3.05, 3.63) is 23.9 Å². The number of hydrogen-bond acceptors (Lipinski definition) is 4. The molecule has 0 spiro atoms. The SMILES string of the molecule is CCCN1CCC[C@@H]1c1cccnc1N(C(=O)OC(C)(C)C)[C@@H](C)CC. The van der Waals surface area contributed by atoms with Crippen LogP contribution in [0.2, 0.25) is 0 Å². The van der Waals surface area contributed by atoms with Gasteiger partial charge in [-0.1, -0.05) is 19.9 Å². The minimum Gasteiger partial charge on any atom is -0.443 e. The number of rotatable bonds is 6. The van der Waals surface area contributed by atoms with Gasteiger partial charge in [-0.2, -0.15) is 0 Å². The number of aromatic nitrogens is 1. The Bertz CT molecular complexity index is 597. The van der Waals surface area contributed by atoms with Crippen LogP contribution < -0.4 is 4.90 Å². The van der Waals surface area contributed by atoms with Gasteiger partial charge in [0, 0.05) is 23.8 Å². The van der Waals surface area contributed by atoms with Crippen molar-refractivity contribution in [1.82, 2.24) is 9.88 Å². The summed E-state index contributed by atoms with van der Waals surface area (Å²) in [4.78, 5) is 21.9. The average Bonchev–Trinajstić information content (AvgIpc) is 3.02. The molecule has 26 heavy (non-hydrogen) atoms. The molecular formula is C21H35N3O2. The van der Waals surface area contributed by atoms with Crippen LogP contribution in [0.5, 0.6) is 0 Å². The molecule has 5 heteroatoms. The van der Waals surface area contributed by atoms with E-state index in [-0.39, 0.29) is 12.1 Å². The van der Waals surface area contributed by atoms with Crippen LogP contribution in [0.15, 0.2) is 18.3 Å². The van der Waals surface area contributed by atoms with E-state index >= 15 is 0 Å². The van der Waals surface area contributed by atoms with Gasteiger partial charge < -0.3 is 4.74 Å². The van der Waals surface area contributed by atoms with Gasteiger partial charge in [-0.3, -0.25) is 9.80 Å². The number of amides is 1. The van der Waals surface area contributed by atoms with Gasteiger partial charge >= 0.3 is 6.09 Å². The van der Waals surface area contributed by atoms with Crippen LogP contribution in [0.25, 0.3) is 0 Å². The van der Waals surface area contributed by atoms with Crippen LogP contribution >= 0.6 is 0 Å². The highest BCUT2D eigenvalue weighted by atomic mass is 16.6. The molecule has 1 amide bonds. The maximum Gasteiger partial charge on any atom is 0.416 e. The maximum atomic E-state index is 13.0. The highest BCUT2D eigenvalue weighted by molar-refractivity contribution is 5.88. The van der Waals surface area contributed by atoms with Crippen molar-refractivity contribution in [2.24, 2.45) is 0 Å². The number of likely N-dealkylation sites (tertiary alicyclic amines) is 1. The first-order chi connectivity index (χ1) is 12.3. The Morgan fingerprint density at radius 1 is 1.42 bits per heavy atom. The van der Waals surface area contributed by atoms with E-state index < -0.39 is 5.60 Å². The summed E-state index contributed by atoms with van der Waals surface area (Å²) in [5, 5.41) is 0. The summed E-state index contributed by atoms with van der Waals surface area (Å²) < 4.78 is 5.70. The molecular weight excluding hydrogens is 326 g/mol. The quantitative estimate of drug-likeness (QED) is 0.701. The second kappa shape index (κ2) is 8.85. The van der Waals surface area contributed by atoms with Crippen LogP contribution in [0.3, 0.4) is 0 Å². The number of pyridine rings is 1. The van der Waals surface area contributed by atoms with E-state index in [0.29, 0.717) is 6.04 Å². The normalized spacial score (nSPS) is 19.4. The maximum absolute atomic E-state index is 13.0. The molecule has 1 saturated heterocycles. The third-order valence-corrected chi connectivity index (χ3v) is 4.90. The second-order valence-corrected chi connectivity index (χ2v) is 8.22. The third-order valence-electron chi connectivity index (χ3n) is 4.90. The predicted molar refractivity (Wildman–Crippen MR) is 107 cm³/mol. The Balaban J connectivity index is 2.41. The topological polar surface area (TPSA) is 45.7 Å². The fraction of sp³-hybridized carbons (Fsp3) is 0.714. The Hall–Kier alpha value is -1.62. The minimum atomic E-state index is -0.528. The van der Waals surface area contributed by atoms with Gasteiger partial charge in [0.05, 0.1) is 0 Å². The third kappa shape index (κ3) is 4.97. The van der Waals surface area contributed by atoms with Crippen LogP contribution in [-0.4, -0.2) is 40.7 Å². The molecule has 0 aromatic carbocycles. The van der Waals surface area contributed by atoms with Gasteiger partial charge in [0.1, 0.15) is 11.4 Å². The van der Waals surface area contributed by atoms with Crippen molar-refractivity contribution in [2.45, 2.75) is 84.9 Å². The molecule has 146 valence electrons. The fourth-order valence-electron chi connectivity index (χ4n) is 3.57. The fourth-order valence-corrected chi connectivity index (χ4v) is 3.57. The lowest BCUT2D eigenvalue weighted by Gasteiger charge is -2.34. The number of nitrogens with zero attached hydrogens (tertiary/aromatic N) is 3. The van der Waals surface area contributed by atoms with E-state index in [2.05, 4.69) is 36.7 Å². The molecule has 0 aliphatic carbocycles. The highest BCUT2D eigenvalue weighted by Gasteiger charge is 2.33. The molecule has 2 atom stereocenters. The Morgan fingerprint density at radius 3 is 2.77 bits per heavy atom. The molecule has 1 aromatic rings. The molecule has 2 heterocycles. The first-order valence-corrected chi connectivity index (χ1v) is 9.99. The van der Waals surface area contributed by atoms with Gasteiger partial charge in [-0.05, 0) is 72.5 Å². The Labute approximate surface area is 158 Å². The molecule has 2 rings (SSSR count). The molecule has 1 aromatic heterocycles. The van der Waals surface area contributed by atoms with Crippen LogP contribution in [0.4, 0.5) is 10.6 Å². The molecule has 0 saturated carbocycles. The summed E-state index contributed by atoms with van der Waals surface area (Å²) in [6.45, 7) is 14.3. The lowest BCUT2D eigenvalue weighted by atomic mass is 10.0. The van der Waals surface area contributed by atoms with Crippen LogP contribution in [-0.2, 0) is 4.74 Å². The monoisotopic (exact) mass is 361 g/mol. The Kier molecular flexibility index (Phi) is 7.04. The predicted octanol–water partition coefficient (Wildman–Crippen LogP) is 5.17. The van der Waals surface area contributed by atoms with Crippen molar-refractivity contribution in [2.75, 3.05) is 18.0 Å². The lowest BCUT2D eigenvalue weighted by molar-refractivity contribution is 0.0565. The minimum absolute atomic E-state index is 0.0273. The molecule has 1 fully saturated rings. The van der Waals surface area contributed by atoms with Crippen LogP contribution in [0, 0.1) is 0 Å². The number of carbonyl (C=O) groups is 1. The first kappa shape index (κ1) is 20.7. The smallest absolute Gasteiger partial charge is 0.416 e. The summed E-state index contributed by atoms with van der Waals surface area (Å²) in [5.74, 6) is 0.754. The lowest BCUT2D eigenvalue weighted by Crippen LogP contribution is -2.43. The van der Waals surface area contributed by atoms with Crippen molar-refractivity contribution in [3.63, 3.8) is 0 Å². The molecule has 0 N–H and O–H groups in total. The molecule has 0 radical (unpaired) electrons. The first-order valence-electron chi connectivity index (χ1n) is 9.99. The summed E-state index contributed by atoms with van der Waals surface area (Å²) in [6.07, 6.45) is 5.74. The summed E-state index contributed by atoms with van der Waals surface area (Å²) >= 11 is 0. The molecule has 5 nitrogen and oxygen atoms in total. The number of anilines is 1. The zero-order valence-corrected chi connectivity index (χ0v) is 17.3. The summed E-state index contributed by atoms with van der Waals surface area (Å²) in [6, 6.07) is 4.46.